The van der Waals surface area contributed by atoms with Crippen LogP contribution in [0, 0.1) is 5.92 Å². The molecule has 0 radical (unpaired) electrons. The van der Waals surface area contributed by atoms with Crippen molar-refractivity contribution in [3.63, 3.8) is 0 Å². The van der Waals surface area contributed by atoms with Gasteiger partial charge in [-0.15, -0.1) is 0 Å². The van der Waals surface area contributed by atoms with Gasteiger partial charge in [0, 0.05) is 34.7 Å². The molecule has 3 saturated heterocycles. The van der Waals surface area contributed by atoms with Gasteiger partial charge in [-0.1, -0.05) is 12.1 Å². The monoisotopic (exact) mass is 332 g/mol. The van der Waals surface area contributed by atoms with Crippen LogP contribution in [-0.2, 0) is 0 Å². The van der Waals surface area contributed by atoms with Crippen molar-refractivity contribution < 1.29 is 0 Å². The van der Waals surface area contributed by atoms with Crippen molar-refractivity contribution in [3.8, 4) is 11.3 Å². The van der Waals surface area contributed by atoms with Crippen LogP contribution in [0.3, 0.4) is 0 Å². The van der Waals surface area contributed by atoms with Gasteiger partial charge < -0.3 is 10.3 Å². The van der Waals surface area contributed by atoms with Gasteiger partial charge in [-0.05, 0) is 63.0 Å². The number of hydrogen-bond acceptors (Lipinski definition) is 3. The van der Waals surface area contributed by atoms with Crippen molar-refractivity contribution in [3.05, 3.63) is 48.8 Å². The second kappa shape index (κ2) is 5.88. The number of pyridine rings is 1. The summed E-state index contributed by atoms with van der Waals surface area (Å²) in [4.78, 5) is 10.6. The van der Waals surface area contributed by atoms with Gasteiger partial charge in [-0.3, -0.25) is 9.88 Å². The zero-order valence-corrected chi connectivity index (χ0v) is 14.6. The predicted octanol–water partition coefficient (Wildman–Crippen LogP) is 4.12. The molecule has 2 aromatic heterocycles. The first-order valence-electron chi connectivity index (χ1n) is 9.33. The van der Waals surface area contributed by atoms with Gasteiger partial charge in [-0.25, -0.2) is 0 Å². The van der Waals surface area contributed by atoms with E-state index in [1.54, 1.807) is 0 Å². The number of fused-ring (bicyclic) bond motifs is 4. The van der Waals surface area contributed by atoms with Crippen LogP contribution in [0.5, 0.6) is 0 Å². The topological polar surface area (TPSA) is 44.0 Å². The third-order valence-corrected chi connectivity index (χ3v) is 6.15. The molecule has 128 valence electrons. The lowest BCUT2D eigenvalue weighted by atomic mass is 9.79. The lowest BCUT2D eigenvalue weighted by Crippen LogP contribution is -2.59. The zero-order valence-electron chi connectivity index (χ0n) is 14.6. The van der Waals surface area contributed by atoms with Crippen molar-refractivity contribution >= 4 is 16.6 Å². The molecule has 6 rings (SSSR count). The van der Waals surface area contributed by atoms with Crippen LogP contribution >= 0.6 is 0 Å². The third-order valence-electron chi connectivity index (χ3n) is 6.15. The maximum absolute atomic E-state index is 4.74. The second-order valence-electron chi connectivity index (χ2n) is 7.46. The zero-order chi connectivity index (χ0) is 16.8. The van der Waals surface area contributed by atoms with Crippen LogP contribution < -0.4 is 5.32 Å². The molecule has 3 aliphatic heterocycles. The smallest absolute Gasteiger partial charge is 0.0710 e. The highest BCUT2D eigenvalue weighted by Crippen LogP contribution is 2.34. The number of nitrogens with one attached hydrogen (secondary N) is 2. The fourth-order valence-corrected chi connectivity index (χ4v) is 4.69. The minimum Gasteiger partial charge on any atom is -0.379 e. The van der Waals surface area contributed by atoms with Crippen LogP contribution in [0.1, 0.15) is 19.8 Å². The molecule has 0 amide bonds. The number of piperidine rings is 3. The molecule has 0 saturated carbocycles. The molecule has 25 heavy (non-hydrogen) atoms. The molecular weight excluding hydrogens is 308 g/mol. The Morgan fingerprint density at radius 2 is 2.00 bits per heavy atom. The molecular formula is C21H24N4. The first-order valence-corrected chi connectivity index (χ1v) is 9.33. The van der Waals surface area contributed by atoms with E-state index in [2.05, 4.69) is 58.5 Å². The van der Waals surface area contributed by atoms with Crippen LogP contribution in [0.25, 0.3) is 22.2 Å². The molecule has 4 nitrogen and oxygen atoms in total. The van der Waals surface area contributed by atoms with E-state index >= 15 is 0 Å². The Morgan fingerprint density at radius 1 is 1.12 bits per heavy atom. The third kappa shape index (κ3) is 2.52. The van der Waals surface area contributed by atoms with Crippen LogP contribution in [0.2, 0.25) is 0 Å². The van der Waals surface area contributed by atoms with Gasteiger partial charge in [0.1, 0.15) is 0 Å². The standard InChI is InChI=1S/C21H24N4/c1-14-21(15-8-11-25(14)12-9-15)24-16-5-6-20(23-13-16)17-3-2-4-19-18(17)7-10-22-19/h2-7,10,13-15,21-22,24H,8-9,11-12H2,1H3. The van der Waals surface area contributed by atoms with E-state index in [4.69, 9.17) is 4.98 Å². The van der Waals surface area contributed by atoms with E-state index in [9.17, 15) is 0 Å². The van der Waals surface area contributed by atoms with Crippen LogP contribution in [-0.4, -0.2) is 40.0 Å². The molecule has 4 heteroatoms. The van der Waals surface area contributed by atoms with Gasteiger partial charge in [0.25, 0.3) is 0 Å². The summed E-state index contributed by atoms with van der Waals surface area (Å²) in [6, 6.07) is 13.9. The Hall–Kier alpha value is -2.33. The lowest BCUT2D eigenvalue weighted by Gasteiger charge is -2.50. The summed E-state index contributed by atoms with van der Waals surface area (Å²) < 4.78 is 0. The molecule has 3 fully saturated rings. The molecule has 5 heterocycles. The van der Waals surface area contributed by atoms with Gasteiger partial charge in [0.05, 0.1) is 17.6 Å². The second-order valence-corrected chi connectivity index (χ2v) is 7.46. The number of hydrogen-bond donors (Lipinski definition) is 2. The highest BCUT2D eigenvalue weighted by atomic mass is 15.2. The maximum atomic E-state index is 4.74. The van der Waals surface area contributed by atoms with Crippen molar-refractivity contribution in [1.82, 2.24) is 14.9 Å². The number of aromatic amines is 1. The summed E-state index contributed by atoms with van der Waals surface area (Å²) in [5.74, 6) is 0.799. The van der Waals surface area contributed by atoms with E-state index in [0.717, 1.165) is 22.8 Å². The molecule has 0 aliphatic carbocycles. The average molecular weight is 332 g/mol. The summed E-state index contributed by atoms with van der Waals surface area (Å²) in [6.07, 6.45) is 6.62. The minimum atomic E-state index is 0.545. The van der Waals surface area contributed by atoms with E-state index in [1.807, 2.05) is 12.4 Å². The number of nitrogens with zero attached hydrogens (tertiary/aromatic N) is 2. The molecule has 2 bridgehead atoms. The highest BCUT2D eigenvalue weighted by molar-refractivity contribution is 5.94. The molecule has 0 spiro atoms. The van der Waals surface area contributed by atoms with Crippen molar-refractivity contribution in [1.29, 1.82) is 0 Å². The largest absolute Gasteiger partial charge is 0.379 e. The van der Waals surface area contributed by atoms with Gasteiger partial charge in [0.2, 0.25) is 0 Å². The molecule has 3 aromatic rings. The highest BCUT2D eigenvalue weighted by Gasteiger charge is 2.39. The lowest BCUT2D eigenvalue weighted by molar-refractivity contribution is 0.0458. The summed E-state index contributed by atoms with van der Waals surface area (Å²) in [7, 11) is 0. The molecule has 2 N–H and O–H groups in total. The quantitative estimate of drug-likeness (QED) is 0.758. The summed E-state index contributed by atoms with van der Waals surface area (Å²) in [6.45, 7) is 4.89. The Kier molecular flexibility index (Phi) is 3.52. The first-order chi connectivity index (χ1) is 12.3. The first kappa shape index (κ1) is 15.0. The molecule has 3 aliphatic rings. The van der Waals surface area contributed by atoms with Crippen molar-refractivity contribution in [2.75, 3.05) is 18.4 Å². The normalized spacial score (nSPS) is 28.4. The summed E-state index contributed by atoms with van der Waals surface area (Å²) >= 11 is 0. The SMILES string of the molecule is CC1C(Nc2ccc(-c3cccc4[nH]ccc34)nc2)C2CCN1CC2. The predicted molar refractivity (Wildman–Crippen MR) is 103 cm³/mol. The maximum Gasteiger partial charge on any atom is 0.0710 e. The Labute approximate surface area is 148 Å². The Bertz CT molecular complexity index is 872. The Morgan fingerprint density at radius 3 is 2.76 bits per heavy atom. The van der Waals surface area contributed by atoms with Gasteiger partial charge in [0.15, 0.2) is 0 Å². The van der Waals surface area contributed by atoms with E-state index in [1.165, 1.54) is 36.9 Å². The number of H-pyrrole nitrogens is 1. The molecule has 2 unspecified atom stereocenters. The number of benzene rings is 1. The number of rotatable bonds is 3. The average Bonchev–Trinajstić information content (AvgIpc) is 3.14. The Balaban J connectivity index is 1.40. The fraction of sp³-hybridized carbons (Fsp3) is 0.381. The van der Waals surface area contributed by atoms with Crippen LogP contribution in [0.15, 0.2) is 48.8 Å². The molecule has 2 atom stereocenters. The van der Waals surface area contributed by atoms with E-state index in [-0.39, 0.29) is 0 Å². The molecule has 1 aromatic carbocycles. The van der Waals surface area contributed by atoms with Crippen LogP contribution in [0.4, 0.5) is 5.69 Å². The number of anilines is 1. The summed E-state index contributed by atoms with van der Waals surface area (Å²) in [5.41, 5.74) is 4.50. The summed E-state index contributed by atoms with van der Waals surface area (Å²) in [5, 5.41) is 4.99. The van der Waals surface area contributed by atoms with Gasteiger partial charge in [-0.2, -0.15) is 0 Å². The van der Waals surface area contributed by atoms with Crippen molar-refractivity contribution in [2.24, 2.45) is 5.92 Å². The van der Waals surface area contributed by atoms with Crippen molar-refractivity contribution in [2.45, 2.75) is 31.8 Å². The van der Waals surface area contributed by atoms with E-state index < -0.39 is 0 Å². The minimum absolute atomic E-state index is 0.545. The fourth-order valence-electron chi connectivity index (χ4n) is 4.69. The number of aromatic nitrogens is 2. The van der Waals surface area contributed by atoms with E-state index in [0.29, 0.717) is 12.1 Å². The van der Waals surface area contributed by atoms with Gasteiger partial charge >= 0.3 is 0 Å².